The van der Waals surface area contributed by atoms with Crippen LogP contribution in [0.5, 0.6) is 0 Å². The van der Waals surface area contributed by atoms with E-state index >= 15 is 0 Å². The predicted molar refractivity (Wildman–Crippen MR) is 86.9 cm³/mol. The van der Waals surface area contributed by atoms with Gasteiger partial charge in [0.15, 0.2) is 5.82 Å². The third-order valence-electron chi connectivity index (χ3n) is 3.40. The molecule has 7 heteroatoms. The Morgan fingerprint density at radius 2 is 2.04 bits per heavy atom. The highest BCUT2D eigenvalue weighted by molar-refractivity contribution is 6.31. The van der Waals surface area contributed by atoms with Crippen LogP contribution in [0.4, 0.5) is 0 Å². The molecule has 0 spiro atoms. The summed E-state index contributed by atoms with van der Waals surface area (Å²) < 4.78 is 1.56. The monoisotopic (exact) mass is 327 g/mol. The number of halogens is 1. The van der Waals surface area contributed by atoms with Crippen molar-refractivity contribution in [2.75, 3.05) is 0 Å². The molecule has 1 amide bonds. The molecule has 2 aromatic carbocycles. The van der Waals surface area contributed by atoms with E-state index in [0.717, 1.165) is 11.1 Å². The lowest BCUT2D eigenvalue weighted by atomic mass is 10.1. The summed E-state index contributed by atoms with van der Waals surface area (Å²) in [6.07, 6.45) is 0. The number of nitrogens with zero attached hydrogens (tertiary/aromatic N) is 4. The van der Waals surface area contributed by atoms with E-state index < -0.39 is 0 Å². The zero-order valence-electron chi connectivity index (χ0n) is 12.4. The molecule has 0 aliphatic heterocycles. The first-order valence-electron chi connectivity index (χ1n) is 6.99. The molecule has 0 saturated carbocycles. The quantitative estimate of drug-likeness (QED) is 0.799. The van der Waals surface area contributed by atoms with Crippen LogP contribution in [0.1, 0.15) is 15.9 Å². The standard InChI is InChI=1S/C16H14ClN5O/c1-22-15(19-20-21-22)11-6-4-7-12(9-11)16(23)18-10-13-5-2-3-8-14(13)17/h2-9H,10H2,1H3,(H,18,23). The van der Waals surface area contributed by atoms with Crippen molar-refractivity contribution in [3.05, 3.63) is 64.7 Å². The van der Waals surface area contributed by atoms with E-state index in [1.165, 1.54) is 0 Å². The molecule has 0 radical (unpaired) electrons. The first-order chi connectivity index (χ1) is 11.1. The van der Waals surface area contributed by atoms with Crippen molar-refractivity contribution >= 4 is 17.5 Å². The minimum Gasteiger partial charge on any atom is -0.348 e. The zero-order valence-corrected chi connectivity index (χ0v) is 13.2. The molecule has 23 heavy (non-hydrogen) atoms. The van der Waals surface area contributed by atoms with Gasteiger partial charge in [-0.15, -0.1) is 5.10 Å². The molecule has 0 aliphatic rings. The van der Waals surface area contributed by atoms with E-state index in [1.807, 2.05) is 24.3 Å². The second-order valence-corrected chi connectivity index (χ2v) is 5.39. The topological polar surface area (TPSA) is 72.7 Å². The summed E-state index contributed by atoms with van der Waals surface area (Å²) in [6.45, 7) is 0.369. The van der Waals surface area contributed by atoms with Gasteiger partial charge in [-0.05, 0) is 34.2 Å². The van der Waals surface area contributed by atoms with Crippen LogP contribution >= 0.6 is 11.6 Å². The Balaban J connectivity index is 1.76. The van der Waals surface area contributed by atoms with Crippen molar-refractivity contribution in [1.29, 1.82) is 0 Å². The number of amides is 1. The van der Waals surface area contributed by atoms with Gasteiger partial charge >= 0.3 is 0 Å². The first kappa shape index (κ1) is 15.2. The van der Waals surface area contributed by atoms with E-state index in [9.17, 15) is 4.79 Å². The van der Waals surface area contributed by atoms with Gasteiger partial charge in [-0.1, -0.05) is 41.9 Å². The lowest BCUT2D eigenvalue weighted by Crippen LogP contribution is -2.22. The number of carbonyl (C=O) groups excluding carboxylic acids is 1. The van der Waals surface area contributed by atoms with Gasteiger partial charge in [-0.25, -0.2) is 4.68 Å². The highest BCUT2D eigenvalue weighted by Crippen LogP contribution is 2.17. The molecule has 0 atom stereocenters. The Morgan fingerprint density at radius 3 is 2.78 bits per heavy atom. The Bertz CT molecular complexity index is 846. The van der Waals surface area contributed by atoms with Crippen molar-refractivity contribution in [1.82, 2.24) is 25.5 Å². The van der Waals surface area contributed by atoms with Gasteiger partial charge in [0.25, 0.3) is 5.91 Å². The molecule has 3 aromatic rings. The second kappa shape index (κ2) is 6.58. The Kier molecular flexibility index (Phi) is 4.34. The Hall–Kier alpha value is -2.73. The number of carbonyl (C=O) groups is 1. The molecule has 3 rings (SSSR count). The van der Waals surface area contributed by atoms with Crippen LogP contribution in [0.2, 0.25) is 5.02 Å². The van der Waals surface area contributed by atoms with Crippen LogP contribution in [0, 0.1) is 0 Å². The van der Waals surface area contributed by atoms with Crippen LogP contribution < -0.4 is 5.32 Å². The van der Waals surface area contributed by atoms with E-state index in [-0.39, 0.29) is 5.91 Å². The number of aromatic nitrogens is 4. The van der Waals surface area contributed by atoms with Gasteiger partial charge in [0.1, 0.15) is 0 Å². The van der Waals surface area contributed by atoms with Crippen molar-refractivity contribution in [3.8, 4) is 11.4 Å². The molecule has 0 aliphatic carbocycles. The van der Waals surface area contributed by atoms with Crippen LogP contribution in [0.3, 0.4) is 0 Å². The molecule has 1 N–H and O–H groups in total. The van der Waals surface area contributed by atoms with Crippen molar-refractivity contribution in [2.24, 2.45) is 7.05 Å². The lowest BCUT2D eigenvalue weighted by Gasteiger charge is -2.08. The van der Waals surface area contributed by atoms with Gasteiger partial charge in [-0.3, -0.25) is 4.79 Å². The minimum atomic E-state index is -0.179. The number of hydrogen-bond acceptors (Lipinski definition) is 4. The summed E-state index contributed by atoms with van der Waals surface area (Å²) in [5, 5.41) is 14.8. The van der Waals surface area contributed by atoms with Gasteiger partial charge < -0.3 is 5.32 Å². The zero-order chi connectivity index (χ0) is 16.2. The van der Waals surface area contributed by atoms with E-state index in [2.05, 4.69) is 20.8 Å². The smallest absolute Gasteiger partial charge is 0.251 e. The Labute approximate surface area is 138 Å². The fourth-order valence-electron chi connectivity index (χ4n) is 2.19. The molecule has 0 fully saturated rings. The number of rotatable bonds is 4. The molecule has 1 aromatic heterocycles. The molecular weight excluding hydrogens is 314 g/mol. The predicted octanol–water partition coefficient (Wildman–Crippen LogP) is 2.46. The van der Waals surface area contributed by atoms with E-state index in [1.54, 1.807) is 36.0 Å². The van der Waals surface area contributed by atoms with E-state index in [0.29, 0.717) is 23.0 Å². The summed E-state index contributed by atoms with van der Waals surface area (Å²) in [5.74, 6) is 0.424. The normalized spacial score (nSPS) is 10.5. The van der Waals surface area contributed by atoms with Gasteiger partial charge in [0, 0.05) is 29.7 Å². The molecular formula is C16H14ClN5O. The molecule has 0 bridgehead atoms. The average molecular weight is 328 g/mol. The average Bonchev–Trinajstić information content (AvgIpc) is 3.00. The fraction of sp³-hybridized carbons (Fsp3) is 0.125. The molecule has 0 unspecified atom stereocenters. The summed E-state index contributed by atoms with van der Waals surface area (Å²) in [7, 11) is 1.75. The summed E-state index contributed by atoms with van der Waals surface area (Å²) in [5.41, 5.74) is 2.19. The number of tetrazole rings is 1. The molecule has 1 heterocycles. The van der Waals surface area contributed by atoms with Crippen molar-refractivity contribution < 1.29 is 4.79 Å². The number of hydrogen-bond donors (Lipinski definition) is 1. The number of nitrogens with one attached hydrogen (secondary N) is 1. The maximum atomic E-state index is 12.3. The summed E-state index contributed by atoms with van der Waals surface area (Å²) in [6, 6.07) is 14.6. The molecule has 6 nitrogen and oxygen atoms in total. The first-order valence-corrected chi connectivity index (χ1v) is 7.37. The van der Waals surface area contributed by atoms with E-state index in [4.69, 9.17) is 11.6 Å². The van der Waals surface area contributed by atoms with Crippen LogP contribution in [-0.4, -0.2) is 26.1 Å². The maximum Gasteiger partial charge on any atom is 0.251 e. The van der Waals surface area contributed by atoms with Crippen molar-refractivity contribution in [2.45, 2.75) is 6.54 Å². The lowest BCUT2D eigenvalue weighted by molar-refractivity contribution is 0.0951. The maximum absolute atomic E-state index is 12.3. The van der Waals surface area contributed by atoms with Gasteiger partial charge in [-0.2, -0.15) is 0 Å². The third-order valence-corrected chi connectivity index (χ3v) is 3.77. The highest BCUT2D eigenvalue weighted by Gasteiger charge is 2.11. The Morgan fingerprint density at radius 1 is 1.22 bits per heavy atom. The molecule has 116 valence electrons. The van der Waals surface area contributed by atoms with Crippen LogP contribution in [0.25, 0.3) is 11.4 Å². The molecule has 0 saturated heterocycles. The van der Waals surface area contributed by atoms with Crippen LogP contribution in [-0.2, 0) is 13.6 Å². The summed E-state index contributed by atoms with van der Waals surface area (Å²) >= 11 is 6.09. The second-order valence-electron chi connectivity index (χ2n) is 4.98. The van der Waals surface area contributed by atoms with Gasteiger partial charge in [0.2, 0.25) is 0 Å². The summed E-state index contributed by atoms with van der Waals surface area (Å²) in [4.78, 5) is 12.3. The van der Waals surface area contributed by atoms with Crippen LogP contribution in [0.15, 0.2) is 48.5 Å². The number of aryl methyl sites for hydroxylation is 1. The number of benzene rings is 2. The SMILES string of the molecule is Cn1nnnc1-c1cccc(C(=O)NCc2ccccc2Cl)c1. The minimum absolute atomic E-state index is 0.179. The van der Waals surface area contributed by atoms with Crippen molar-refractivity contribution in [3.63, 3.8) is 0 Å². The van der Waals surface area contributed by atoms with Gasteiger partial charge in [0.05, 0.1) is 0 Å². The third kappa shape index (κ3) is 3.37. The highest BCUT2D eigenvalue weighted by atomic mass is 35.5. The fourth-order valence-corrected chi connectivity index (χ4v) is 2.40. The largest absolute Gasteiger partial charge is 0.348 e.